The van der Waals surface area contributed by atoms with Gasteiger partial charge in [-0.2, -0.15) is 5.10 Å². The maximum atomic E-state index is 12.3. The van der Waals surface area contributed by atoms with Crippen molar-refractivity contribution in [1.29, 1.82) is 0 Å². The summed E-state index contributed by atoms with van der Waals surface area (Å²) in [5, 5.41) is 17.2. The van der Waals surface area contributed by atoms with Crippen molar-refractivity contribution in [2.24, 2.45) is 7.05 Å². The van der Waals surface area contributed by atoms with E-state index in [1.165, 1.54) is 0 Å². The van der Waals surface area contributed by atoms with Crippen LogP contribution in [0.3, 0.4) is 0 Å². The Hall–Kier alpha value is -1.69. The standard InChI is InChI=1S/C16H27N3O3/c1-6-8-16(22,9-7-2)10-17-15(21)14(20)13-11(3)18-19(5)12(13)4/h22H,6-10H2,1-5H3,(H,17,21). The Morgan fingerprint density at radius 1 is 1.23 bits per heavy atom. The Balaban J connectivity index is 2.78. The lowest BCUT2D eigenvalue weighted by Crippen LogP contribution is -2.45. The summed E-state index contributed by atoms with van der Waals surface area (Å²) in [5.74, 6) is -1.29. The van der Waals surface area contributed by atoms with Crippen LogP contribution in [0, 0.1) is 13.8 Å². The molecule has 0 saturated heterocycles. The van der Waals surface area contributed by atoms with Crippen molar-refractivity contribution >= 4 is 11.7 Å². The number of rotatable bonds is 8. The van der Waals surface area contributed by atoms with Crippen LogP contribution in [0.1, 0.15) is 61.3 Å². The molecule has 0 radical (unpaired) electrons. The molecule has 124 valence electrons. The Morgan fingerprint density at radius 3 is 2.18 bits per heavy atom. The van der Waals surface area contributed by atoms with E-state index in [1.54, 1.807) is 25.6 Å². The summed E-state index contributed by atoms with van der Waals surface area (Å²) < 4.78 is 1.58. The van der Waals surface area contributed by atoms with Gasteiger partial charge in [0.15, 0.2) is 0 Å². The Morgan fingerprint density at radius 2 is 1.77 bits per heavy atom. The number of carbonyl (C=O) groups excluding carboxylic acids is 2. The highest BCUT2D eigenvalue weighted by molar-refractivity contribution is 6.43. The Labute approximate surface area is 131 Å². The van der Waals surface area contributed by atoms with Crippen molar-refractivity contribution in [3.63, 3.8) is 0 Å². The summed E-state index contributed by atoms with van der Waals surface area (Å²) in [6.45, 7) is 7.52. The van der Waals surface area contributed by atoms with Crippen LogP contribution in [0.25, 0.3) is 0 Å². The van der Waals surface area contributed by atoms with E-state index in [-0.39, 0.29) is 6.54 Å². The molecule has 0 spiro atoms. The van der Waals surface area contributed by atoms with E-state index in [9.17, 15) is 14.7 Å². The molecule has 0 aliphatic heterocycles. The van der Waals surface area contributed by atoms with Gasteiger partial charge in [0.2, 0.25) is 0 Å². The molecule has 6 nitrogen and oxygen atoms in total. The number of aryl methyl sites for hydroxylation is 2. The maximum Gasteiger partial charge on any atom is 0.292 e. The number of aromatic nitrogens is 2. The van der Waals surface area contributed by atoms with Crippen LogP contribution < -0.4 is 5.32 Å². The molecule has 1 aromatic rings. The summed E-state index contributed by atoms with van der Waals surface area (Å²) in [6, 6.07) is 0. The van der Waals surface area contributed by atoms with Crippen LogP contribution in [0.4, 0.5) is 0 Å². The quantitative estimate of drug-likeness (QED) is 0.565. The minimum absolute atomic E-state index is 0.0949. The van der Waals surface area contributed by atoms with Gasteiger partial charge in [0.25, 0.3) is 11.7 Å². The van der Waals surface area contributed by atoms with Crippen LogP contribution in [0.15, 0.2) is 0 Å². The highest BCUT2D eigenvalue weighted by Crippen LogP contribution is 2.19. The molecule has 0 bridgehead atoms. The summed E-state index contributed by atoms with van der Waals surface area (Å²) >= 11 is 0. The SMILES string of the molecule is CCCC(O)(CCC)CNC(=O)C(=O)c1c(C)nn(C)c1C. The molecule has 0 fully saturated rings. The van der Waals surface area contributed by atoms with Gasteiger partial charge in [-0.25, -0.2) is 0 Å². The minimum Gasteiger partial charge on any atom is -0.388 e. The number of nitrogens with zero attached hydrogens (tertiary/aromatic N) is 2. The third-order valence-corrected chi connectivity index (χ3v) is 3.95. The molecule has 22 heavy (non-hydrogen) atoms. The normalized spacial score (nSPS) is 11.5. The average molecular weight is 309 g/mol. The predicted octanol–water partition coefficient (Wildman–Crippen LogP) is 1.67. The van der Waals surface area contributed by atoms with E-state index in [0.29, 0.717) is 29.8 Å². The van der Waals surface area contributed by atoms with Crippen molar-refractivity contribution in [2.45, 2.75) is 59.0 Å². The van der Waals surface area contributed by atoms with Gasteiger partial charge in [0, 0.05) is 19.3 Å². The van der Waals surface area contributed by atoms with Crippen molar-refractivity contribution < 1.29 is 14.7 Å². The number of Topliss-reactive ketones (excluding diaryl/α,β-unsaturated/α-hetero) is 1. The fourth-order valence-electron chi connectivity index (χ4n) is 2.77. The van der Waals surface area contributed by atoms with Gasteiger partial charge in [-0.15, -0.1) is 0 Å². The smallest absolute Gasteiger partial charge is 0.292 e. The molecule has 0 aliphatic carbocycles. The van der Waals surface area contributed by atoms with Gasteiger partial charge < -0.3 is 10.4 Å². The highest BCUT2D eigenvalue weighted by atomic mass is 16.3. The first kappa shape index (κ1) is 18.4. The first-order valence-corrected chi connectivity index (χ1v) is 7.80. The lowest BCUT2D eigenvalue weighted by atomic mass is 9.92. The molecule has 1 aromatic heterocycles. The molecule has 1 heterocycles. The fraction of sp³-hybridized carbons (Fsp3) is 0.688. The van der Waals surface area contributed by atoms with Crippen LogP contribution in [-0.2, 0) is 11.8 Å². The fourth-order valence-corrected chi connectivity index (χ4v) is 2.77. The molecule has 0 aromatic carbocycles. The average Bonchev–Trinajstić information content (AvgIpc) is 2.69. The second-order valence-electron chi connectivity index (χ2n) is 5.91. The van der Waals surface area contributed by atoms with Gasteiger partial charge in [-0.1, -0.05) is 26.7 Å². The third kappa shape index (κ3) is 4.16. The number of aliphatic hydroxyl groups is 1. The molecule has 6 heteroatoms. The topological polar surface area (TPSA) is 84.2 Å². The van der Waals surface area contributed by atoms with Gasteiger partial charge in [-0.3, -0.25) is 14.3 Å². The van der Waals surface area contributed by atoms with E-state index >= 15 is 0 Å². The molecule has 2 N–H and O–H groups in total. The summed E-state index contributed by atoms with van der Waals surface area (Å²) in [5.41, 5.74) is 0.598. The second-order valence-corrected chi connectivity index (χ2v) is 5.91. The van der Waals surface area contributed by atoms with Crippen molar-refractivity contribution in [2.75, 3.05) is 6.54 Å². The van der Waals surface area contributed by atoms with E-state index in [0.717, 1.165) is 12.8 Å². The second kappa shape index (κ2) is 7.54. The van der Waals surface area contributed by atoms with Gasteiger partial charge in [0.05, 0.1) is 16.9 Å². The number of hydrogen-bond donors (Lipinski definition) is 2. The molecule has 1 rings (SSSR count). The molecule has 0 saturated carbocycles. The maximum absolute atomic E-state index is 12.3. The first-order valence-electron chi connectivity index (χ1n) is 7.80. The van der Waals surface area contributed by atoms with E-state index in [1.807, 2.05) is 13.8 Å². The Kier molecular flexibility index (Phi) is 6.29. The molecule has 0 atom stereocenters. The van der Waals surface area contributed by atoms with Crippen LogP contribution in [-0.4, -0.2) is 38.7 Å². The number of amides is 1. The molecule has 0 aliphatic rings. The molecular weight excluding hydrogens is 282 g/mol. The summed E-state index contributed by atoms with van der Waals surface area (Å²) in [6.07, 6.45) is 2.84. The number of ketones is 1. The van der Waals surface area contributed by atoms with Gasteiger partial charge >= 0.3 is 0 Å². The summed E-state index contributed by atoms with van der Waals surface area (Å²) in [4.78, 5) is 24.4. The van der Waals surface area contributed by atoms with Crippen LogP contribution in [0.5, 0.6) is 0 Å². The predicted molar refractivity (Wildman–Crippen MR) is 84.8 cm³/mol. The van der Waals surface area contributed by atoms with Crippen LogP contribution in [0.2, 0.25) is 0 Å². The van der Waals surface area contributed by atoms with Gasteiger partial charge in [-0.05, 0) is 26.7 Å². The van der Waals surface area contributed by atoms with Crippen molar-refractivity contribution in [3.05, 3.63) is 17.0 Å². The number of nitrogens with one attached hydrogen (secondary N) is 1. The lowest BCUT2D eigenvalue weighted by molar-refractivity contribution is -0.118. The lowest BCUT2D eigenvalue weighted by Gasteiger charge is -2.27. The third-order valence-electron chi connectivity index (χ3n) is 3.95. The zero-order valence-electron chi connectivity index (χ0n) is 14.2. The van der Waals surface area contributed by atoms with Crippen molar-refractivity contribution in [1.82, 2.24) is 15.1 Å². The Bertz CT molecular complexity index is 543. The van der Waals surface area contributed by atoms with E-state index < -0.39 is 17.3 Å². The largest absolute Gasteiger partial charge is 0.388 e. The van der Waals surface area contributed by atoms with E-state index in [2.05, 4.69) is 10.4 Å². The zero-order valence-corrected chi connectivity index (χ0v) is 14.2. The summed E-state index contributed by atoms with van der Waals surface area (Å²) in [7, 11) is 1.73. The van der Waals surface area contributed by atoms with Crippen molar-refractivity contribution in [3.8, 4) is 0 Å². The van der Waals surface area contributed by atoms with E-state index in [4.69, 9.17) is 0 Å². The zero-order chi connectivity index (χ0) is 16.9. The number of carbonyl (C=O) groups is 2. The van der Waals surface area contributed by atoms with Gasteiger partial charge in [0.1, 0.15) is 0 Å². The molecular formula is C16H27N3O3. The molecule has 0 unspecified atom stereocenters. The highest BCUT2D eigenvalue weighted by Gasteiger charge is 2.29. The molecule has 1 amide bonds. The number of hydrogen-bond acceptors (Lipinski definition) is 4. The first-order chi connectivity index (χ1) is 10.3. The minimum atomic E-state index is -0.946. The van der Waals surface area contributed by atoms with Crippen LogP contribution >= 0.6 is 0 Å². The monoisotopic (exact) mass is 309 g/mol.